The number of amides is 1. The average Bonchev–Trinajstić information content (AvgIpc) is 3.28. The zero-order valence-electron chi connectivity index (χ0n) is 16.6. The van der Waals surface area contributed by atoms with Crippen LogP contribution >= 0.6 is 11.3 Å². The second-order valence-electron chi connectivity index (χ2n) is 7.62. The Morgan fingerprint density at radius 2 is 2.14 bits per heavy atom. The van der Waals surface area contributed by atoms with Gasteiger partial charge < -0.3 is 15.1 Å². The van der Waals surface area contributed by atoms with Crippen molar-refractivity contribution >= 4 is 27.3 Å². The lowest BCUT2D eigenvalue weighted by Gasteiger charge is -2.31. The summed E-state index contributed by atoms with van der Waals surface area (Å²) in [6, 6.07) is 6.29. The molecule has 1 unspecified atom stereocenters. The highest BCUT2D eigenvalue weighted by Crippen LogP contribution is 2.29. The number of halogens is 1. The minimum atomic E-state index is -0.263. The van der Waals surface area contributed by atoms with Crippen molar-refractivity contribution in [3.05, 3.63) is 36.3 Å². The van der Waals surface area contributed by atoms with Gasteiger partial charge in [0.1, 0.15) is 5.82 Å². The van der Waals surface area contributed by atoms with Crippen molar-refractivity contribution in [2.45, 2.75) is 12.8 Å². The Kier molecular flexibility index (Phi) is 5.77. The molecule has 1 aliphatic heterocycles. The van der Waals surface area contributed by atoms with E-state index >= 15 is 0 Å². The molecule has 0 spiro atoms. The third-order valence-corrected chi connectivity index (χ3v) is 6.08. The Hall–Kier alpha value is -2.52. The monoisotopic (exact) mass is 416 g/mol. The number of imidazole rings is 1. The van der Waals surface area contributed by atoms with E-state index in [-0.39, 0.29) is 17.6 Å². The molecule has 29 heavy (non-hydrogen) atoms. The topological polar surface area (TPSA) is 65.8 Å². The smallest absolute Gasteiger partial charge is 0.224 e. The molecule has 2 aromatic heterocycles. The summed E-state index contributed by atoms with van der Waals surface area (Å²) in [5, 5.41) is 8.58. The van der Waals surface area contributed by atoms with Gasteiger partial charge in [-0.2, -0.15) is 0 Å². The molecule has 9 heteroatoms. The summed E-state index contributed by atoms with van der Waals surface area (Å²) in [4.78, 5) is 22.1. The first-order valence-electron chi connectivity index (χ1n) is 9.79. The molecule has 1 atom stereocenters. The van der Waals surface area contributed by atoms with E-state index < -0.39 is 0 Å². The Morgan fingerprint density at radius 1 is 1.34 bits per heavy atom. The van der Waals surface area contributed by atoms with Crippen LogP contribution in [-0.2, 0) is 4.79 Å². The minimum Gasteiger partial charge on any atom is -0.355 e. The van der Waals surface area contributed by atoms with Gasteiger partial charge in [0.25, 0.3) is 0 Å². The number of nitrogens with one attached hydrogen (secondary N) is 1. The van der Waals surface area contributed by atoms with Gasteiger partial charge in [-0.3, -0.25) is 4.79 Å². The number of benzene rings is 1. The molecule has 3 aromatic rings. The summed E-state index contributed by atoms with van der Waals surface area (Å²) >= 11 is 1.51. The summed E-state index contributed by atoms with van der Waals surface area (Å²) in [5.41, 5.74) is 1.63. The fourth-order valence-electron chi connectivity index (χ4n) is 3.49. The number of carbonyl (C=O) groups is 1. The lowest BCUT2D eigenvalue weighted by atomic mass is 9.97. The van der Waals surface area contributed by atoms with Gasteiger partial charge in [-0.15, -0.1) is 5.10 Å². The molecule has 0 aliphatic carbocycles. The second-order valence-corrected chi connectivity index (χ2v) is 8.56. The van der Waals surface area contributed by atoms with Gasteiger partial charge in [-0.05, 0) is 51.2 Å². The summed E-state index contributed by atoms with van der Waals surface area (Å²) in [6.07, 6.45) is 3.73. The molecule has 0 saturated carbocycles. The highest BCUT2D eigenvalue weighted by Gasteiger charge is 2.27. The van der Waals surface area contributed by atoms with Crippen molar-refractivity contribution in [3.63, 3.8) is 0 Å². The Labute approximate surface area is 173 Å². The molecule has 0 bridgehead atoms. The predicted octanol–water partition coefficient (Wildman–Crippen LogP) is 2.49. The van der Waals surface area contributed by atoms with E-state index in [2.05, 4.69) is 25.2 Å². The maximum absolute atomic E-state index is 13.1. The average molecular weight is 417 g/mol. The number of nitrogens with zero attached hydrogens (tertiary/aromatic N) is 5. The first kappa shape index (κ1) is 19.8. The predicted molar refractivity (Wildman–Crippen MR) is 113 cm³/mol. The second kappa shape index (κ2) is 8.46. The van der Waals surface area contributed by atoms with Crippen molar-refractivity contribution in [2.24, 2.45) is 5.92 Å². The van der Waals surface area contributed by atoms with Crippen molar-refractivity contribution in [2.75, 3.05) is 45.2 Å². The number of hydrogen-bond donors (Lipinski definition) is 1. The summed E-state index contributed by atoms with van der Waals surface area (Å²) in [5.74, 6) is -0.158. The van der Waals surface area contributed by atoms with E-state index in [9.17, 15) is 9.18 Å². The van der Waals surface area contributed by atoms with E-state index in [1.165, 1.54) is 23.5 Å². The van der Waals surface area contributed by atoms with Gasteiger partial charge in [-0.25, -0.2) is 13.9 Å². The molecule has 1 saturated heterocycles. The third-order valence-electron chi connectivity index (χ3n) is 5.09. The fraction of sp³-hybridized carbons (Fsp3) is 0.450. The van der Waals surface area contributed by atoms with Gasteiger partial charge in [0.2, 0.25) is 16.0 Å². The van der Waals surface area contributed by atoms with Crippen LogP contribution in [0.2, 0.25) is 0 Å². The molecular weight excluding hydrogens is 391 g/mol. The lowest BCUT2D eigenvalue weighted by molar-refractivity contribution is -0.125. The van der Waals surface area contributed by atoms with Crippen molar-refractivity contribution in [1.29, 1.82) is 0 Å². The fourth-order valence-corrected chi connectivity index (χ4v) is 4.41. The molecule has 4 rings (SSSR count). The minimum absolute atomic E-state index is 0.0168. The standard InChI is InChI=1S/C20H25FN6OS/c1-25(2)11-9-22-18(28)15-4-3-10-26(12-15)20-24-27-13-17(23-19(27)29-20)14-5-7-16(21)8-6-14/h5-8,13,15H,3-4,9-12H2,1-2H3,(H,22,28). The van der Waals surface area contributed by atoms with Gasteiger partial charge in [0.15, 0.2) is 0 Å². The first-order chi connectivity index (χ1) is 14.0. The molecule has 1 amide bonds. The van der Waals surface area contributed by atoms with Gasteiger partial charge >= 0.3 is 0 Å². The van der Waals surface area contributed by atoms with Crippen LogP contribution in [0, 0.1) is 11.7 Å². The quantitative estimate of drug-likeness (QED) is 0.669. The number of carbonyl (C=O) groups excluding carboxylic acids is 1. The van der Waals surface area contributed by atoms with Crippen LogP contribution in [0.5, 0.6) is 0 Å². The van der Waals surface area contributed by atoms with Crippen molar-refractivity contribution in [1.82, 2.24) is 24.8 Å². The van der Waals surface area contributed by atoms with Crippen LogP contribution in [0.15, 0.2) is 30.5 Å². The van der Waals surface area contributed by atoms with Crippen LogP contribution in [0.3, 0.4) is 0 Å². The molecule has 1 fully saturated rings. The van der Waals surface area contributed by atoms with E-state index in [0.717, 1.165) is 47.3 Å². The number of hydrogen-bond acceptors (Lipinski definition) is 6. The number of piperidine rings is 1. The number of rotatable bonds is 6. The Balaban J connectivity index is 1.43. The van der Waals surface area contributed by atoms with Crippen LogP contribution < -0.4 is 10.2 Å². The summed E-state index contributed by atoms with van der Waals surface area (Å²) < 4.78 is 14.9. The Morgan fingerprint density at radius 3 is 2.86 bits per heavy atom. The molecule has 154 valence electrons. The summed E-state index contributed by atoms with van der Waals surface area (Å²) in [6.45, 7) is 3.07. The number of anilines is 1. The molecule has 1 N–H and O–H groups in total. The molecule has 7 nitrogen and oxygen atoms in total. The molecular formula is C20H25FN6OS. The zero-order valence-corrected chi connectivity index (χ0v) is 17.5. The summed E-state index contributed by atoms with van der Waals surface area (Å²) in [7, 11) is 3.99. The third kappa shape index (κ3) is 4.56. The van der Waals surface area contributed by atoms with Crippen LogP contribution in [0.1, 0.15) is 12.8 Å². The molecule has 0 radical (unpaired) electrons. The highest BCUT2D eigenvalue weighted by molar-refractivity contribution is 7.20. The van der Waals surface area contributed by atoms with Crippen LogP contribution in [-0.4, -0.2) is 65.7 Å². The Bertz CT molecular complexity index is 951. The largest absolute Gasteiger partial charge is 0.355 e. The number of fused-ring (bicyclic) bond motifs is 1. The molecule has 1 aromatic carbocycles. The van der Waals surface area contributed by atoms with Gasteiger partial charge in [0, 0.05) is 31.7 Å². The van der Waals surface area contributed by atoms with Crippen molar-refractivity contribution < 1.29 is 9.18 Å². The van der Waals surface area contributed by atoms with Crippen molar-refractivity contribution in [3.8, 4) is 11.3 Å². The normalized spacial score (nSPS) is 17.2. The van der Waals surface area contributed by atoms with Crippen LogP contribution in [0.4, 0.5) is 9.52 Å². The van der Waals surface area contributed by atoms with E-state index in [4.69, 9.17) is 0 Å². The lowest BCUT2D eigenvalue weighted by Crippen LogP contribution is -2.44. The van der Waals surface area contributed by atoms with E-state index in [1.807, 2.05) is 20.3 Å². The maximum Gasteiger partial charge on any atom is 0.224 e. The van der Waals surface area contributed by atoms with E-state index in [1.54, 1.807) is 16.6 Å². The van der Waals surface area contributed by atoms with E-state index in [0.29, 0.717) is 13.1 Å². The number of likely N-dealkylation sites (N-methyl/N-ethyl adjacent to an activating group) is 1. The first-order valence-corrected chi connectivity index (χ1v) is 10.6. The number of aromatic nitrogens is 3. The van der Waals surface area contributed by atoms with Gasteiger partial charge in [0.05, 0.1) is 17.8 Å². The van der Waals surface area contributed by atoms with Gasteiger partial charge in [-0.1, -0.05) is 11.3 Å². The SMILES string of the molecule is CN(C)CCNC(=O)C1CCCN(c2nn3cc(-c4ccc(F)cc4)nc3s2)C1. The van der Waals surface area contributed by atoms with Crippen LogP contribution in [0.25, 0.3) is 16.2 Å². The maximum atomic E-state index is 13.1. The molecule has 3 heterocycles. The highest BCUT2D eigenvalue weighted by atomic mass is 32.1. The molecule has 1 aliphatic rings. The zero-order chi connectivity index (χ0) is 20.4.